The first kappa shape index (κ1) is 29.8. The van der Waals surface area contributed by atoms with Crippen molar-refractivity contribution in [3.63, 3.8) is 0 Å². The van der Waals surface area contributed by atoms with E-state index < -0.39 is 87.0 Å². The Bertz CT molecular complexity index is 1310. The third-order valence-electron chi connectivity index (χ3n) is 4.19. The lowest BCUT2D eigenvalue weighted by atomic mass is 10.3. The molecule has 0 aliphatic heterocycles. The minimum absolute atomic E-state index is 0.515. The summed E-state index contributed by atoms with van der Waals surface area (Å²) in [5.74, 6) is -1.90. The minimum Gasteiger partial charge on any atom is -0.383 e. The monoisotopic (exact) mass is 665 g/mol. The second-order valence-corrected chi connectivity index (χ2v) is 10.6. The Hall–Kier alpha value is -2.77. The van der Waals surface area contributed by atoms with E-state index in [0.29, 0.717) is 0 Å². The van der Waals surface area contributed by atoms with E-state index >= 15 is 0 Å². The molecule has 0 unspecified atom stereocenters. The fraction of sp³-hybridized carbons (Fsp3) is 0. The van der Waals surface area contributed by atoms with Crippen LogP contribution in [0.2, 0.25) is 30.1 Å². The first-order chi connectivity index (χ1) is 17.6. The largest absolute Gasteiger partial charge is 0.647 e. The third kappa shape index (κ3) is 6.62. The molecule has 0 spiro atoms. The number of hydrogen-bond acceptors (Lipinski definition) is 10. The standard InChI is InChI=1S/C18H6Cl6N3O10P/c19-10-1-7(25(28)29)2-11(20)16(10)35-38(34,36-17-12(21)3-8(26(30)31)4-13(17)22)37-18-14(23)5-9(27(32)33)6-15(18)24/h1-6H. The van der Waals surface area contributed by atoms with E-state index in [0.717, 1.165) is 36.4 Å². The van der Waals surface area contributed by atoms with Gasteiger partial charge in [-0.05, 0) is 0 Å². The van der Waals surface area contributed by atoms with Crippen LogP contribution in [-0.2, 0) is 4.57 Å². The summed E-state index contributed by atoms with van der Waals surface area (Å²) in [4.78, 5) is 30.8. The summed E-state index contributed by atoms with van der Waals surface area (Å²) >= 11 is 36.2. The van der Waals surface area contributed by atoms with E-state index in [9.17, 15) is 34.9 Å². The second kappa shape index (κ2) is 11.5. The van der Waals surface area contributed by atoms with Gasteiger partial charge < -0.3 is 13.6 Å². The number of phosphoric ester groups is 1. The van der Waals surface area contributed by atoms with Gasteiger partial charge >= 0.3 is 7.82 Å². The van der Waals surface area contributed by atoms with Crippen LogP contribution in [0, 0.1) is 30.3 Å². The minimum atomic E-state index is -5.18. The number of hydrogen-bond donors (Lipinski definition) is 0. The molecule has 0 heterocycles. The topological polar surface area (TPSA) is 174 Å². The summed E-state index contributed by atoms with van der Waals surface area (Å²) in [6, 6.07) is 4.86. The maximum Gasteiger partial charge on any atom is 0.647 e. The fourth-order valence-electron chi connectivity index (χ4n) is 2.61. The number of benzene rings is 3. The van der Waals surface area contributed by atoms with Crippen molar-refractivity contribution in [2.24, 2.45) is 0 Å². The molecule has 20 heteroatoms. The lowest BCUT2D eigenvalue weighted by molar-refractivity contribution is -0.385. The molecule has 3 aromatic rings. The molecule has 0 aromatic heterocycles. The van der Waals surface area contributed by atoms with Crippen molar-refractivity contribution < 1.29 is 32.9 Å². The summed E-state index contributed by atoms with van der Waals surface area (Å²) in [6.45, 7) is 0. The van der Waals surface area contributed by atoms with Gasteiger partial charge in [0.05, 0.1) is 44.9 Å². The number of nitrogens with zero attached hydrogens (tertiary/aromatic N) is 3. The van der Waals surface area contributed by atoms with Gasteiger partial charge in [-0.25, -0.2) is 0 Å². The highest BCUT2D eigenvalue weighted by Crippen LogP contribution is 2.57. The third-order valence-corrected chi connectivity index (χ3v) is 7.09. The lowest BCUT2D eigenvalue weighted by Gasteiger charge is -2.22. The number of halogens is 6. The van der Waals surface area contributed by atoms with Crippen LogP contribution in [0.3, 0.4) is 0 Å². The molecule has 0 N–H and O–H groups in total. The zero-order chi connectivity index (χ0) is 28.5. The van der Waals surface area contributed by atoms with E-state index in [1.807, 2.05) is 0 Å². The number of non-ortho nitro benzene ring substituents is 3. The van der Waals surface area contributed by atoms with Gasteiger partial charge in [0.2, 0.25) is 0 Å². The van der Waals surface area contributed by atoms with Crippen molar-refractivity contribution in [1.29, 1.82) is 0 Å². The number of nitro benzene ring substituents is 3. The lowest BCUT2D eigenvalue weighted by Crippen LogP contribution is -2.10. The fourth-order valence-corrected chi connectivity index (χ4v) is 5.96. The molecule has 0 atom stereocenters. The van der Waals surface area contributed by atoms with Crippen LogP contribution in [0.15, 0.2) is 36.4 Å². The zero-order valence-corrected chi connectivity index (χ0v) is 23.0. The molecule has 3 aromatic carbocycles. The molecule has 0 amide bonds. The van der Waals surface area contributed by atoms with E-state index in [4.69, 9.17) is 83.2 Å². The first-order valence-corrected chi connectivity index (χ1v) is 12.9. The molecule has 0 aliphatic carbocycles. The van der Waals surface area contributed by atoms with Crippen molar-refractivity contribution >= 4 is 94.5 Å². The maximum absolute atomic E-state index is 13.9. The van der Waals surface area contributed by atoms with E-state index in [-0.39, 0.29) is 0 Å². The van der Waals surface area contributed by atoms with Gasteiger partial charge in [0.15, 0.2) is 17.2 Å². The van der Waals surface area contributed by atoms with Crippen molar-refractivity contribution in [2.75, 3.05) is 0 Å². The molecule has 200 valence electrons. The SMILES string of the molecule is O=[N+]([O-])c1cc(Cl)c(OP(=O)(Oc2c(Cl)cc([N+](=O)[O-])cc2Cl)Oc2c(Cl)cc([N+](=O)[O-])cc2Cl)c(Cl)c1. The Balaban J connectivity index is 2.16. The van der Waals surface area contributed by atoms with Gasteiger partial charge in [-0.15, -0.1) is 0 Å². The number of rotatable bonds is 9. The summed E-state index contributed by atoms with van der Waals surface area (Å²) < 4.78 is 29.8. The average molecular weight is 668 g/mol. The zero-order valence-electron chi connectivity index (χ0n) is 17.6. The highest BCUT2D eigenvalue weighted by molar-refractivity contribution is 7.49. The normalized spacial score (nSPS) is 11.1. The van der Waals surface area contributed by atoms with Crippen molar-refractivity contribution in [1.82, 2.24) is 0 Å². The number of phosphoric acid groups is 1. The van der Waals surface area contributed by atoms with Gasteiger partial charge in [0, 0.05) is 36.4 Å². The van der Waals surface area contributed by atoms with Gasteiger partial charge in [-0.1, -0.05) is 69.6 Å². The van der Waals surface area contributed by atoms with Crippen molar-refractivity contribution in [2.45, 2.75) is 0 Å². The molecular weight excluding hydrogens is 662 g/mol. The molecule has 0 radical (unpaired) electrons. The van der Waals surface area contributed by atoms with Crippen molar-refractivity contribution in [3.8, 4) is 17.2 Å². The summed E-state index contributed by atoms with van der Waals surface area (Å²) in [6.07, 6.45) is 0. The summed E-state index contributed by atoms with van der Waals surface area (Å²) in [5.41, 5.74) is -1.65. The van der Waals surface area contributed by atoms with Crippen LogP contribution in [0.4, 0.5) is 17.1 Å². The van der Waals surface area contributed by atoms with Gasteiger partial charge in [-0.2, -0.15) is 4.57 Å². The molecule has 3 rings (SSSR count). The first-order valence-electron chi connectivity index (χ1n) is 9.21. The molecule has 0 fully saturated rings. The molecule has 38 heavy (non-hydrogen) atoms. The van der Waals surface area contributed by atoms with Crippen LogP contribution in [-0.4, -0.2) is 14.8 Å². The molecule has 0 saturated heterocycles. The van der Waals surface area contributed by atoms with Crippen LogP contribution >= 0.6 is 77.4 Å². The number of nitro groups is 3. The predicted octanol–water partition coefficient (Wildman–Crippen LogP) is 8.98. The molecular formula is C18H6Cl6N3O10P. The van der Waals surface area contributed by atoms with Crippen LogP contribution in [0.25, 0.3) is 0 Å². The van der Waals surface area contributed by atoms with Crippen molar-refractivity contribution in [3.05, 3.63) is 96.9 Å². The summed E-state index contributed by atoms with van der Waals surface area (Å²) in [7, 11) is -5.18. The Morgan fingerprint density at radius 1 is 0.500 bits per heavy atom. The Morgan fingerprint density at radius 3 is 0.842 bits per heavy atom. The second-order valence-electron chi connectivity index (χ2n) is 6.71. The molecule has 13 nitrogen and oxygen atoms in total. The molecule has 0 aliphatic rings. The van der Waals surface area contributed by atoms with Gasteiger partial charge in [0.1, 0.15) is 0 Å². The summed E-state index contributed by atoms with van der Waals surface area (Å²) in [5, 5.41) is 30.1. The van der Waals surface area contributed by atoms with E-state index in [2.05, 4.69) is 0 Å². The average Bonchev–Trinajstić information content (AvgIpc) is 2.80. The maximum atomic E-state index is 13.9. The Labute approximate surface area is 240 Å². The predicted molar refractivity (Wildman–Crippen MR) is 139 cm³/mol. The highest BCUT2D eigenvalue weighted by Gasteiger charge is 2.39. The highest BCUT2D eigenvalue weighted by atomic mass is 35.5. The van der Waals surface area contributed by atoms with Crippen LogP contribution in [0.5, 0.6) is 17.2 Å². The van der Waals surface area contributed by atoms with E-state index in [1.54, 1.807) is 0 Å². The Morgan fingerprint density at radius 2 is 0.684 bits per heavy atom. The van der Waals surface area contributed by atoms with Gasteiger partial charge in [-0.3, -0.25) is 30.3 Å². The van der Waals surface area contributed by atoms with Crippen LogP contribution in [0.1, 0.15) is 0 Å². The Kier molecular flexibility index (Phi) is 9.04. The van der Waals surface area contributed by atoms with Crippen LogP contribution < -0.4 is 13.6 Å². The smallest absolute Gasteiger partial charge is 0.383 e. The molecule has 0 bridgehead atoms. The van der Waals surface area contributed by atoms with Gasteiger partial charge in [0.25, 0.3) is 17.1 Å². The van der Waals surface area contributed by atoms with E-state index in [1.165, 1.54) is 0 Å². The quantitative estimate of drug-likeness (QED) is 0.122. The molecule has 0 saturated carbocycles.